The molecule has 112 valence electrons. The van der Waals surface area contributed by atoms with Gasteiger partial charge in [-0.1, -0.05) is 0 Å². The number of carbonyl (C=O) groups is 1. The molecule has 21 heavy (non-hydrogen) atoms. The molecule has 1 aromatic carbocycles. The maximum absolute atomic E-state index is 12.4. The molecule has 0 aliphatic rings. The number of carboxylic acid groups (broad SMARTS) is 1. The van der Waals surface area contributed by atoms with E-state index >= 15 is 0 Å². The van der Waals surface area contributed by atoms with Crippen LogP contribution in [-0.4, -0.2) is 38.0 Å². The van der Waals surface area contributed by atoms with Crippen LogP contribution < -0.4 is 34.3 Å². The second-order valence-corrected chi connectivity index (χ2v) is 6.05. The van der Waals surface area contributed by atoms with Crippen molar-refractivity contribution in [2.75, 3.05) is 6.26 Å². The van der Waals surface area contributed by atoms with Crippen LogP contribution in [0.1, 0.15) is 17.3 Å². The quantitative estimate of drug-likeness (QED) is 0.723. The summed E-state index contributed by atoms with van der Waals surface area (Å²) in [5.74, 6) is -2.13. The summed E-state index contributed by atoms with van der Waals surface area (Å²) in [5, 5.41) is 8.92. The number of carboxylic acids is 1. The van der Waals surface area contributed by atoms with E-state index in [1.807, 2.05) is 0 Å². The molecular weight excluding hydrogens is 324 g/mol. The Bertz CT molecular complexity index is 627. The molecule has 0 aromatic heterocycles. The molecule has 0 bridgehead atoms. The Hall–Kier alpha value is -0.770. The van der Waals surface area contributed by atoms with Crippen molar-refractivity contribution in [2.24, 2.45) is 0 Å². The van der Waals surface area contributed by atoms with E-state index in [0.29, 0.717) is 0 Å². The van der Waals surface area contributed by atoms with Crippen LogP contribution in [0, 0.1) is 0 Å². The van der Waals surface area contributed by atoms with Crippen molar-refractivity contribution < 1.29 is 65.8 Å². The molecule has 1 aromatic rings. The molecule has 1 rings (SSSR count). The Kier molecular flexibility index (Phi) is 6.74. The Labute approximate surface area is 141 Å². The smallest absolute Gasteiger partial charge is 0.480 e. The van der Waals surface area contributed by atoms with E-state index in [-0.39, 0.29) is 34.5 Å². The van der Waals surface area contributed by atoms with Gasteiger partial charge in [-0.05, 0) is 25.1 Å². The van der Waals surface area contributed by atoms with Gasteiger partial charge in [-0.25, -0.2) is 13.2 Å². The number of rotatable bonds is 4. The summed E-state index contributed by atoms with van der Waals surface area (Å²) in [6, 6.07) is 2.64. The van der Waals surface area contributed by atoms with Gasteiger partial charge in [0.2, 0.25) is 0 Å². The number of alkyl halides is 3. The normalized spacial score (nSPS) is 13.2. The fourth-order valence-corrected chi connectivity index (χ4v) is 1.91. The number of hydrogen-bond acceptors (Lipinski definition) is 4. The van der Waals surface area contributed by atoms with Crippen LogP contribution in [0.3, 0.4) is 0 Å². The van der Waals surface area contributed by atoms with Crippen molar-refractivity contribution in [3.05, 3.63) is 23.8 Å². The molecule has 0 spiro atoms. The van der Waals surface area contributed by atoms with Gasteiger partial charge in [0.1, 0.15) is 11.3 Å². The van der Waals surface area contributed by atoms with Crippen molar-refractivity contribution >= 4 is 15.8 Å². The third kappa shape index (κ3) is 5.50. The van der Waals surface area contributed by atoms with Gasteiger partial charge in [-0.3, -0.25) is 0 Å². The van der Waals surface area contributed by atoms with Crippen LogP contribution in [0.25, 0.3) is 0 Å². The fraction of sp³-hybridized carbons (Fsp3) is 0.364. The molecule has 1 atom stereocenters. The summed E-state index contributed by atoms with van der Waals surface area (Å²) >= 11 is 0. The first-order chi connectivity index (χ1) is 8.93. The summed E-state index contributed by atoms with van der Waals surface area (Å²) in [6.45, 7) is 0.718. The summed E-state index contributed by atoms with van der Waals surface area (Å²) in [7, 11) is -3.67. The second-order valence-electron chi connectivity index (χ2n) is 4.04. The minimum atomic E-state index is -4.66. The molecule has 0 aliphatic heterocycles. The van der Waals surface area contributed by atoms with Crippen LogP contribution >= 0.6 is 0 Å². The molecular formula is C11H11F3NaO5S+. The van der Waals surface area contributed by atoms with Gasteiger partial charge in [0.05, 0.1) is 4.90 Å². The zero-order valence-corrected chi connectivity index (χ0v) is 14.2. The molecule has 0 heterocycles. The number of halogens is 3. The number of benzene rings is 1. The molecule has 0 radical (unpaired) electrons. The van der Waals surface area contributed by atoms with E-state index in [0.717, 1.165) is 31.4 Å². The van der Waals surface area contributed by atoms with E-state index in [1.165, 1.54) is 0 Å². The van der Waals surface area contributed by atoms with Crippen molar-refractivity contribution in [2.45, 2.75) is 24.1 Å². The Morgan fingerprint density at radius 1 is 1.33 bits per heavy atom. The minimum absolute atomic E-state index is 0. The van der Waals surface area contributed by atoms with E-state index < -0.39 is 39.4 Å². The molecule has 0 fully saturated rings. The Morgan fingerprint density at radius 2 is 1.86 bits per heavy atom. The monoisotopic (exact) mass is 335 g/mol. The summed E-state index contributed by atoms with van der Waals surface area (Å²) < 4.78 is 64.2. The predicted molar refractivity (Wildman–Crippen MR) is 62.7 cm³/mol. The molecule has 1 N–H and O–H groups in total. The predicted octanol–water partition coefficient (Wildman–Crippen LogP) is -0.878. The standard InChI is InChI=1S/C11H11F3O5S.Na/c1-6(11(12,13)14)19-9-4-3-7(20(2,17)18)5-8(9)10(15)16;/h3-6H,1-2H3,(H,15,16);/q;+1. The zero-order valence-electron chi connectivity index (χ0n) is 11.4. The number of aromatic carboxylic acids is 1. The first-order valence-electron chi connectivity index (χ1n) is 5.23. The van der Waals surface area contributed by atoms with E-state index in [1.54, 1.807) is 0 Å². The molecule has 5 nitrogen and oxygen atoms in total. The minimum Gasteiger partial charge on any atom is -0.480 e. The largest absolute Gasteiger partial charge is 1.00 e. The van der Waals surface area contributed by atoms with Crippen molar-refractivity contribution in [1.82, 2.24) is 0 Å². The molecule has 0 aliphatic carbocycles. The van der Waals surface area contributed by atoms with Crippen molar-refractivity contribution in [1.29, 1.82) is 0 Å². The maximum Gasteiger partial charge on any atom is 1.00 e. The second kappa shape index (κ2) is 6.99. The van der Waals surface area contributed by atoms with Crippen LogP contribution in [0.2, 0.25) is 0 Å². The summed E-state index contributed by atoms with van der Waals surface area (Å²) in [6.07, 6.45) is -6.03. The van der Waals surface area contributed by atoms with Gasteiger partial charge < -0.3 is 9.84 Å². The topological polar surface area (TPSA) is 80.7 Å². The fourth-order valence-electron chi connectivity index (χ4n) is 1.27. The van der Waals surface area contributed by atoms with Gasteiger partial charge in [0.25, 0.3) is 0 Å². The van der Waals surface area contributed by atoms with Crippen LogP contribution in [0.4, 0.5) is 13.2 Å². The van der Waals surface area contributed by atoms with Crippen LogP contribution in [0.5, 0.6) is 5.75 Å². The molecule has 0 amide bonds. The van der Waals surface area contributed by atoms with E-state index in [2.05, 4.69) is 4.74 Å². The third-order valence-corrected chi connectivity index (χ3v) is 3.48. The summed E-state index contributed by atoms with van der Waals surface area (Å²) in [5.41, 5.74) is -0.649. The van der Waals surface area contributed by atoms with Gasteiger partial charge in [0, 0.05) is 6.26 Å². The zero-order chi connectivity index (χ0) is 15.7. The molecule has 10 heteroatoms. The summed E-state index contributed by atoms with van der Waals surface area (Å²) in [4.78, 5) is 10.7. The van der Waals surface area contributed by atoms with Gasteiger partial charge >= 0.3 is 41.7 Å². The average Bonchev–Trinajstić information content (AvgIpc) is 2.26. The van der Waals surface area contributed by atoms with Crippen molar-refractivity contribution in [3.63, 3.8) is 0 Å². The van der Waals surface area contributed by atoms with Gasteiger partial charge in [0.15, 0.2) is 15.9 Å². The van der Waals surface area contributed by atoms with E-state index in [9.17, 15) is 26.4 Å². The third-order valence-electron chi connectivity index (χ3n) is 2.37. The number of sulfone groups is 1. The first kappa shape index (κ1) is 20.2. The van der Waals surface area contributed by atoms with Crippen LogP contribution in [0.15, 0.2) is 23.1 Å². The SMILES string of the molecule is CC(Oc1ccc(S(C)(=O)=O)cc1C(=O)O)C(F)(F)F.[Na+]. The average molecular weight is 335 g/mol. The molecule has 0 saturated heterocycles. The molecule has 0 saturated carbocycles. The Balaban J connectivity index is 0.00000400. The maximum atomic E-state index is 12.4. The Morgan fingerprint density at radius 3 is 2.24 bits per heavy atom. The number of ether oxygens (including phenoxy) is 1. The van der Waals surface area contributed by atoms with Crippen LogP contribution in [-0.2, 0) is 9.84 Å². The first-order valence-corrected chi connectivity index (χ1v) is 7.13. The van der Waals surface area contributed by atoms with Gasteiger partial charge in [-0.15, -0.1) is 0 Å². The number of hydrogen-bond donors (Lipinski definition) is 1. The molecule has 1 unspecified atom stereocenters. The van der Waals surface area contributed by atoms with Gasteiger partial charge in [-0.2, -0.15) is 13.2 Å². The van der Waals surface area contributed by atoms with Crippen molar-refractivity contribution in [3.8, 4) is 5.75 Å². The van der Waals surface area contributed by atoms with E-state index in [4.69, 9.17) is 5.11 Å².